The quantitative estimate of drug-likeness (QED) is 0.529. The molecule has 1 aliphatic rings. The molecule has 0 aromatic rings. The van der Waals surface area contributed by atoms with E-state index in [1.54, 1.807) is 0 Å². The first-order valence-electron chi connectivity index (χ1n) is 7.29. The van der Waals surface area contributed by atoms with Crippen molar-refractivity contribution in [2.75, 3.05) is 13.1 Å². The van der Waals surface area contributed by atoms with Gasteiger partial charge in [-0.1, -0.05) is 55.9 Å². The van der Waals surface area contributed by atoms with Gasteiger partial charge < -0.3 is 4.90 Å². The standard InChI is InChI=1S/C17H26N2/c1-3-14-19(15-4-2)17(18)13-9-12-16-10-7-5-6-8-11-16/h5-10,13,18H,3-4,11-12,14-15H2,1-2H3/b13-9-,18-17?. The topological polar surface area (TPSA) is 27.1 Å². The van der Waals surface area contributed by atoms with E-state index in [-0.39, 0.29) is 0 Å². The van der Waals surface area contributed by atoms with Gasteiger partial charge in [-0.3, -0.25) is 5.41 Å². The van der Waals surface area contributed by atoms with Crippen molar-refractivity contribution in [2.24, 2.45) is 0 Å². The molecule has 0 atom stereocenters. The number of allylic oxidation sites excluding steroid dienone is 7. The Hall–Kier alpha value is -1.57. The van der Waals surface area contributed by atoms with E-state index in [0.717, 1.165) is 38.8 Å². The van der Waals surface area contributed by atoms with Crippen molar-refractivity contribution in [1.29, 1.82) is 5.41 Å². The number of nitrogens with zero attached hydrogens (tertiary/aromatic N) is 1. The first-order chi connectivity index (χ1) is 9.27. The van der Waals surface area contributed by atoms with E-state index in [9.17, 15) is 0 Å². The molecule has 1 aliphatic carbocycles. The Morgan fingerprint density at radius 3 is 2.63 bits per heavy atom. The average molecular weight is 258 g/mol. The Labute approximate surface area is 117 Å². The Balaban J connectivity index is 2.46. The fraction of sp³-hybridized carbons (Fsp3) is 0.471. The minimum Gasteiger partial charge on any atom is -0.357 e. The lowest BCUT2D eigenvalue weighted by molar-refractivity contribution is 0.416. The summed E-state index contributed by atoms with van der Waals surface area (Å²) in [5.74, 6) is 0.643. The number of hydrogen-bond acceptors (Lipinski definition) is 1. The van der Waals surface area contributed by atoms with Crippen LogP contribution in [0.1, 0.15) is 39.5 Å². The molecule has 0 saturated carbocycles. The second kappa shape index (κ2) is 9.37. The van der Waals surface area contributed by atoms with Gasteiger partial charge in [0, 0.05) is 13.1 Å². The van der Waals surface area contributed by atoms with Gasteiger partial charge in [-0.2, -0.15) is 0 Å². The molecule has 104 valence electrons. The second-order valence-corrected chi connectivity index (χ2v) is 4.82. The van der Waals surface area contributed by atoms with Gasteiger partial charge in [0.15, 0.2) is 0 Å². The Morgan fingerprint density at radius 2 is 1.95 bits per heavy atom. The summed E-state index contributed by atoms with van der Waals surface area (Å²) < 4.78 is 0. The molecule has 0 heterocycles. The third-order valence-corrected chi connectivity index (χ3v) is 3.05. The summed E-state index contributed by atoms with van der Waals surface area (Å²) in [7, 11) is 0. The third-order valence-electron chi connectivity index (χ3n) is 3.05. The second-order valence-electron chi connectivity index (χ2n) is 4.82. The summed E-state index contributed by atoms with van der Waals surface area (Å²) >= 11 is 0. The van der Waals surface area contributed by atoms with Crippen molar-refractivity contribution >= 4 is 5.84 Å². The molecule has 0 bridgehead atoms. The first kappa shape index (κ1) is 15.5. The normalized spacial score (nSPS) is 14.5. The van der Waals surface area contributed by atoms with Gasteiger partial charge in [-0.15, -0.1) is 0 Å². The predicted molar refractivity (Wildman–Crippen MR) is 84.6 cm³/mol. The highest BCUT2D eigenvalue weighted by Gasteiger charge is 2.04. The van der Waals surface area contributed by atoms with Gasteiger partial charge in [0.1, 0.15) is 5.84 Å². The third kappa shape index (κ3) is 6.23. The maximum Gasteiger partial charge on any atom is 0.120 e. The van der Waals surface area contributed by atoms with Crippen LogP contribution >= 0.6 is 0 Å². The molecule has 0 spiro atoms. The number of rotatable bonds is 7. The van der Waals surface area contributed by atoms with E-state index >= 15 is 0 Å². The molecule has 0 amide bonds. The highest BCUT2D eigenvalue weighted by molar-refractivity contribution is 5.90. The maximum atomic E-state index is 8.10. The van der Waals surface area contributed by atoms with Crippen LogP contribution in [-0.2, 0) is 0 Å². The molecule has 0 aromatic carbocycles. The number of amidine groups is 1. The monoisotopic (exact) mass is 258 g/mol. The van der Waals surface area contributed by atoms with Crippen molar-refractivity contribution in [3.63, 3.8) is 0 Å². The zero-order chi connectivity index (χ0) is 13.9. The number of nitrogens with one attached hydrogen (secondary N) is 1. The highest BCUT2D eigenvalue weighted by atomic mass is 15.2. The van der Waals surface area contributed by atoms with Crippen LogP contribution in [0, 0.1) is 5.41 Å². The van der Waals surface area contributed by atoms with E-state index in [4.69, 9.17) is 5.41 Å². The van der Waals surface area contributed by atoms with Crippen LogP contribution in [0.4, 0.5) is 0 Å². The summed E-state index contributed by atoms with van der Waals surface area (Å²) in [4.78, 5) is 2.15. The van der Waals surface area contributed by atoms with Crippen LogP contribution in [0.2, 0.25) is 0 Å². The van der Waals surface area contributed by atoms with Crippen LogP contribution in [0.5, 0.6) is 0 Å². The largest absolute Gasteiger partial charge is 0.357 e. The molecule has 0 aromatic heterocycles. The molecule has 2 nitrogen and oxygen atoms in total. The van der Waals surface area contributed by atoms with E-state index in [2.05, 4.69) is 55.2 Å². The van der Waals surface area contributed by atoms with Gasteiger partial charge in [0.2, 0.25) is 0 Å². The molecule has 1 N–H and O–H groups in total. The molecule has 0 radical (unpaired) electrons. The van der Waals surface area contributed by atoms with Gasteiger partial charge in [-0.05, 0) is 31.8 Å². The van der Waals surface area contributed by atoms with Crippen molar-refractivity contribution in [1.82, 2.24) is 4.90 Å². The molecule has 2 heteroatoms. The summed E-state index contributed by atoms with van der Waals surface area (Å²) in [5, 5.41) is 8.10. The van der Waals surface area contributed by atoms with Crippen LogP contribution in [0.3, 0.4) is 0 Å². The molecule has 0 saturated heterocycles. The van der Waals surface area contributed by atoms with Gasteiger partial charge in [0.25, 0.3) is 0 Å². The lowest BCUT2D eigenvalue weighted by Gasteiger charge is -2.22. The first-order valence-corrected chi connectivity index (χ1v) is 7.29. The highest BCUT2D eigenvalue weighted by Crippen LogP contribution is 2.12. The summed E-state index contributed by atoms with van der Waals surface area (Å²) in [6.07, 6.45) is 18.8. The van der Waals surface area contributed by atoms with Gasteiger partial charge >= 0.3 is 0 Å². The Bertz CT molecular complexity index is 380. The zero-order valence-corrected chi connectivity index (χ0v) is 12.2. The summed E-state index contributed by atoms with van der Waals surface area (Å²) in [6.45, 7) is 6.28. The fourth-order valence-electron chi connectivity index (χ4n) is 2.09. The Morgan fingerprint density at radius 1 is 1.21 bits per heavy atom. The fourth-order valence-corrected chi connectivity index (χ4v) is 2.09. The average Bonchev–Trinajstić information content (AvgIpc) is 2.67. The predicted octanol–water partition coefficient (Wildman–Crippen LogP) is 4.47. The SMILES string of the molecule is CCCN(CCC)C(=N)/C=C\CC1=CC=CC=CC1. The molecule has 1 rings (SSSR count). The maximum absolute atomic E-state index is 8.10. The minimum atomic E-state index is 0.643. The van der Waals surface area contributed by atoms with Gasteiger partial charge in [0.05, 0.1) is 0 Å². The van der Waals surface area contributed by atoms with E-state index in [1.807, 2.05) is 6.08 Å². The van der Waals surface area contributed by atoms with Crippen molar-refractivity contribution in [3.8, 4) is 0 Å². The van der Waals surface area contributed by atoms with Crippen LogP contribution in [0.15, 0.2) is 48.1 Å². The summed E-state index contributed by atoms with van der Waals surface area (Å²) in [5.41, 5.74) is 1.39. The Kier molecular flexibility index (Phi) is 7.64. The summed E-state index contributed by atoms with van der Waals surface area (Å²) in [6, 6.07) is 0. The lowest BCUT2D eigenvalue weighted by Crippen LogP contribution is -2.30. The van der Waals surface area contributed by atoms with E-state index in [0.29, 0.717) is 5.84 Å². The molecule has 0 unspecified atom stereocenters. The van der Waals surface area contributed by atoms with Crippen LogP contribution in [-0.4, -0.2) is 23.8 Å². The molecular formula is C17H26N2. The van der Waals surface area contributed by atoms with Crippen molar-refractivity contribution in [2.45, 2.75) is 39.5 Å². The van der Waals surface area contributed by atoms with Crippen LogP contribution < -0.4 is 0 Å². The zero-order valence-electron chi connectivity index (χ0n) is 12.2. The molecular weight excluding hydrogens is 232 g/mol. The minimum absolute atomic E-state index is 0.643. The molecule has 19 heavy (non-hydrogen) atoms. The van der Waals surface area contributed by atoms with Crippen LogP contribution in [0.25, 0.3) is 0 Å². The molecule has 0 aliphatic heterocycles. The van der Waals surface area contributed by atoms with Crippen molar-refractivity contribution in [3.05, 3.63) is 48.1 Å². The van der Waals surface area contributed by atoms with E-state index in [1.165, 1.54) is 5.57 Å². The molecule has 0 fully saturated rings. The van der Waals surface area contributed by atoms with Crippen molar-refractivity contribution < 1.29 is 0 Å². The number of hydrogen-bond donors (Lipinski definition) is 1. The van der Waals surface area contributed by atoms with Gasteiger partial charge in [-0.25, -0.2) is 0 Å². The smallest absolute Gasteiger partial charge is 0.120 e. The lowest BCUT2D eigenvalue weighted by atomic mass is 10.1. The van der Waals surface area contributed by atoms with E-state index < -0.39 is 0 Å².